The van der Waals surface area contributed by atoms with E-state index in [-0.39, 0.29) is 11.4 Å². The van der Waals surface area contributed by atoms with Crippen LogP contribution in [0.2, 0.25) is 5.02 Å². The summed E-state index contributed by atoms with van der Waals surface area (Å²) in [5.74, 6) is -0.0394. The van der Waals surface area contributed by atoms with Gasteiger partial charge < -0.3 is 5.32 Å². The minimum atomic E-state index is -0.342. The zero-order chi connectivity index (χ0) is 9.64. The normalized spacial score (nSPS) is 18.2. The van der Waals surface area contributed by atoms with Crippen LogP contribution in [0.1, 0.15) is 29.8 Å². The average molecular weight is 196 g/mol. The molecule has 1 aliphatic rings. The molecule has 13 heavy (non-hydrogen) atoms. The molecule has 0 unspecified atom stereocenters. The van der Waals surface area contributed by atoms with Crippen LogP contribution in [-0.2, 0) is 5.54 Å². The molecule has 1 aromatic carbocycles. The molecule has 2 rings (SSSR count). The summed E-state index contributed by atoms with van der Waals surface area (Å²) >= 11 is 6.03. The second-order valence-corrected chi connectivity index (χ2v) is 4.15. The van der Waals surface area contributed by atoms with Crippen molar-refractivity contribution in [3.05, 3.63) is 34.3 Å². The average Bonchev–Trinajstić information content (AvgIpc) is 2.24. The number of benzene rings is 1. The summed E-state index contributed by atoms with van der Waals surface area (Å²) in [4.78, 5) is 11.5. The first kappa shape index (κ1) is 8.57. The van der Waals surface area contributed by atoms with Crippen molar-refractivity contribution in [1.82, 2.24) is 5.32 Å². The lowest BCUT2D eigenvalue weighted by Crippen LogP contribution is -2.32. The van der Waals surface area contributed by atoms with E-state index in [0.29, 0.717) is 10.6 Å². The van der Waals surface area contributed by atoms with E-state index in [2.05, 4.69) is 5.32 Å². The van der Waals surface area contributed by atoms with E-state index in [1.54, 1.807) is 12.1 Å². The molecule has 0 radical (unpaired) electrons. The summed E-state index contributed by atoms with van der Waals surface area (Å²) < 4.78 is 0. The maximum absolute atomic E-state index is 11.5. The van der Waals surface area contributed by atoms with Crippen LogP contribution in [0.15, 0.2) is 18.2 Å². The van der Waals surface area contributed by atoms with Crippen LogP contribution in [-0.4, -0.2) is 5.91 Å². The van der Waals surface area contributed by atoms with E-state index in [0.717, 1.165) is 5.56 Å². The van der Waals surface area contributed by atoms with Gasteiger partial charge in [-0.2, -0.15) is 0 Å². The molecule has 1 N–H and O–H groups in total. The van der Waals surface area contributed by atoms with Crippen LogP contribution in [0.4, 0.5) is 0 Å². The molecule has 0 aliphatic carbocycles. The maximum Gasteiger partial charge on any atom is 0.252 e. The van der Waals surface area contributed by atoms with Gasteiger partial charge in [-0.15, -0.1) is 0 Å². The first-order valence-corrected chi connectivity index (χ1v) is 4.52. The standard InChI is InChI=1S/C10H10ClNO/c1-10(2)8-6(9(13)12-10)4-3-5-7(8)11/h3-5H,1-2H3,(H,12,13). The zero-order valence-electron chi connectivity index (χ0n) is 7.52. The highest BCUT2D eigenvalue weighted by Crippen LogP contribution is 2.35. The van der Waals surface area contributed by atoms with E-state index in [9.17, 15) is 4.79 Å². The van der Waals surface area contributed by atoms with Crippen LogP contribution >= 0.6 is 11.6 Å². The zero-order valence-corrected chi connectivity index (χ0v) is 8.27. The Morgan fingerprint density at radius 2 is 2.08 bits per heavy atom. The second kappa shape index (κ2) is 2.48. The van der Waals surface area contributed by atoms with Gasteiger partial charge >= 0.3 is 0 Å². The van der Waals surface area contributed by atoms with Gasteiger partial charge in [0.2, 0.25) is 0 Å². The molecule has 2 nitrogen and oxygen atoms in total. The van der Waals surface area contributed by atoms with Crippen molar-refractivity contribution in [3.8, 4) is 0 Å². The summed E-state index contributed by atoms with van der Waals surface area (Å²) in [5.41, 5.74) is 1.25. The van der Waals surface area contributed by atoms with E-state index < -0.39 is 0 Å². The molecule has 0 atom stereocenters. The first-order valence-electron chi connectivity index (χ1n) is 4.14. The Labute approximate surface area is 81.9 Å². The molecule has 3 heteroatoms. The molecule has 0 saturated carbocycles. The molecule has 68 valence electrons. The van der Waals surface area contributed by atoms with Crippen molar-refractivity contribution in [2.45, 2.75) is 19.4 Å². The molecule has 1 amide bonds. The van der Waals surface area contributed by atoms with Crippen molar-refractivity contribution in [2.24, 2.45) is 0 Å². The molecule has 0 saturated heterocycles. The maximum atomic E-state index is 11.5. The SMILES string of the molecule is CC1(C)NC(=O)c2cccc(Cl)c21. The lowest BCUT2D eigenvalue weighted by Gasteiger charge is -2.19. The van der Waals surface area contributed by atoms with Crippen LogP contribution in [0.25, 0.3) is 0 Å². The van der Waals surface area contributed by atoms with Gasteiger partial charge in [0.1, 0.15) is 0 Å². The Balaban J connectivity index is 2.73. The third-order valence-corrected chi connectivity index (χ3v) is 2.62. The Morgan fingerprint density at radius 3 is 2.69 bits per heavy atom. The summed E-state index contributed by atoms with van der Waals surface area (Å²) in [5, 5.41) is 3.53. The summed E-state index contributed by atoms with van der Waals surface area (Å²) in [7, 11) is 0. The number of amides is 1. The quantitative estimate of drug-likeness (QED) is 0.677. The Bertz CT molecular complexity index is 385. The van der Waals surface area contributed by atoms with Crippen molar-refractivity contribution < 1.29 is 4.79 Å². The fourth-order valence-electron chi connectivity index (χ4n) is 1.76. The third-order valence-electron chi connectivity index (χ3n) is 2.31. The van der Waals surface area contributed by atoms with Crippen LogP contribution in [0, 0.1) is 0 Å². The Kier molecular flexibility index (Phi) is 1.64. The largest absolute Gasteiger partial charge is 0.343 e. The third kappa shape index (κ3) is 1.13. The van der Waals surface area contributed by atoms with E-state index in [1.807, 2.05) is 19.9 Å². The molecular weight excluding hydrogens is 186 g/mol. The van der Waals surface area contributed by atoms with Gasteiger partial charge in [0.15, 0.2) is 0 Å². The number of carbonyl (C=O) groups is 1. The lowest BCUT2D eigenvalue weighted by molar-refractivity contribution is 0.0940. The predicted molar refractivity (Wildman–Crippen MR) is 51.9 cm³/mol. The Hall–Kier alpha value is -1.02. The Morgan fingerprint density at radius 1 is 1.38 bits per heavy atom. The fourth-order valence-corrected chi connectivity index (χ4v) is 2.17. The number of carbonyl (C=O) groups excluding carboxylic acids is 1. The van der Waals surface area contributed by atoms with Gasteiger partial charge in [0.05, 0.1) is 5.54 Å². The fraction of sp³-hybridized carbons (Fsp3) is 0.300. The molecule has 0 bridgehead atoms. The lowest BCUT2D eigenvalue weighted by atomic mass is 9.95. The summed E-state index contributed by atoms with van der Waals surface area (Å²) in [6.07, 6.45) is 0. The first-order chi connectivity index (χ1) is 6.02. The predicted octanol–water partition coefficient (Wildman–Crippen LogP) is 2.32. The minimum absolute atomic E-state index is 0.0394. The highest BCUT2D eigenvalue weighted by atomic mass is 35.5. The van der Waals surface area contributed by atoms with Gasteiger partial charge in [0, 0.05) is 16.1 Å². The van der Waals surface area contributed by atoms with E-state index in [4.69, 9.17) is 11.6 Å². The van der Waals surface area contributed by atoms with Crippen LogP contribution < -0.4 is 5.32 Å². The van der Waals surface area contributed by atoms with Crippen LogP contribution in [0.3, 0.4) is 0 Å². The highest BCUT2D eigenvalue weighted by Gasteiger charge is 2.36. The smallest absolute Gasteiger partial charge is 0.252 e. The van der Waals surface area contributed by atoms with E-state index in [1.165, 1.54) is 0 Å². The molecule has 0 aromatic heterocycles. The van der Waals surface area contributed by atoms with Crippen molar-refractivity contribution in [2.75, 3.05) is 0 Å². The highest BCUT2D eigenvalue weighted by molar-refractivity contribution is 6.32. The van der Waals surface area contributed by atoms with Crippen molar-refractivity contribution in [3.63, 3.8) is 0 Å². The molecule has 0 fully saturated rings. The molecule has 0 spiro atoms. The molecule has 1 heterocycles. The monoisotopic (exact) mass is 195 g/mol. The molecule has 1 aromatic rings. The van der Waals surface area contributed by atoms with Crippen molar-refractivity contribution >= 4 is 17.5 Å². The minimum Gasteiger partial charge on any atom is -0.343 e. The van der Waals surface area contributed by atoms with Crippen molar-refractivity contribution in [1.29, 1.82) is 0 Å². The molecular formula is C10H10ClNO. The van der Waals surface area contributed by atoms with Gasteiger partial charge in [0.25, 0.3) is 5.91 Å². The molecule has 1 aliphatic heterocycles. The topological polar surface area (TPSA) is 29.1 Å². The number of hydrogen-bond donors (Lipinski definition) is 1. The summed E-state index contributed by atoms with van der Waals surface area (Å²) in [6.45, 7) is 3.89. The second-order valence-electron chi connectivity index (χ2n) is 3.74. The van der Waals surface area contributed by atoms with Gasteiger partial charge in [-0.3, -0.25) is 4.79 Å². The van der Waals surface area contributed by atoms with Gasteiger partial charge in [-0.25, -0.2) is 0 Å². The number of rotatable bonds is 0. The summed E-state index contributed by atoms with van der Waals surface area (Å²) in [6, 6.07) is 5.40. The number of halogens is 1. The van der Waals surface area contributed by atoms with Gasteiger partial charge in [-0.1, -0.05) is 17.7 Å². The van der Waals surface area contributed by atoms with Crippen LogP contribution in [0.5, 0.6) is 0 Å². The number of hydrogen-bond acceptors (Lipinski definition) is 1. The van der Waals surface area contributed by atoms with E-state index >= 15 is 0 Å². The number of nitrogens with one attached hydrogen (secondary N) is 1. The van der Waals surface area contributed by atoms with Gasteiger partial charge in [-0.05, 0) is 26.0 Å². The number of fused-ring (bicyclic) bond motifs is 1.